The molecule has 0 saturated heterocycles. The van der Waals surface area contributed by atoms with Crippen LogP contribution in [-0.2, 0) is 4.79 Å². The van der Waals surface area contributed by atoms with E-state index in [1.165, 1.54) is 11.3 Å². The zero-order chi connectivity index (χ0) is 20.4. The van der Waals surface area contributed by atoms with Gasteiger partial charge in [-0.1, -0.05) is 31.3 Å². The Labute approximate surface area is 172 Å². The molecule has 0 aliphatic rings. The van der Waals surface area contributed by atoms with Crippen molar-refractivity contribution >= 4 is 49.2 Å². The number of H-pyrrole nitrogens is 1. The topological polar surface area (TPSA) is 91.9 Å². The third kappa shape index (κ3) is 4.17. The second-order valence-electron chi connectivity index (χ2n) is 7.31. The van der Waals surface area contributed by atoms with E-state index in [0.29, 0.717) is 17.5 Å². The molecule has 0 aliphatic carbocycles. The fraction of sp³-hybridized carbons (Fsp3) is 0.286. The second-order valence-corrected chi connectivity index (χ2v) is 8.31. The van der Waals surface area contributed by atoms with Crippen molar-refractivity contribution in [2.24, 2.45) is 5.92 Å². The minimum Gasteiger partial charge on any atom is -0.497 e. The maximum Gasteiger partial charge on any atom is 0.248 e. The predicted octanol–water partition coefficient (Wildman–Crippen LogP) is 4.65. The molecule has 3 N–H and O–H groups in total. The number of hydrogen-bond donors (Lipinski definition) is 3. The Balaban J connectivity index is 1.56. The van der Waals surface area contributed by atoms with Crippen molar-refractivity contribution in [3.63, 3.8) is 0 Å². The average molecular weight is 410 g/mol. The first kappa shape index (κ1) is 19.2. The van der Waals surface area contributed by atoms with Crippen molar-refractivity contribution in [2.75, 3.05) is 17.7 Å². The van der Waals surface area contributed by atoms with E-state index in [2.05, 4.69) is 39.7 Å². The lowest BCUT2D eigenvalue weighted by molar-refractivity contribution is -0.117. The van der Waals surface area contributed by atoms with Crippen molar-refractivity contribution in [2.45, 2.75) is 26.3 Å². The fourth-order valence-corrected chi connectivity index (χ4v) is 4.25. The standard InChI is InChI=1S/C21H23N5O2S/c1-12(2)9-18(23-13-5-4-6-14(10-13)28-3)20(27)25-21-24-17-8-7-16-15(11-22-26-16)19(17)29-21/h4-8,10-12,18,23H,9H2,1-3H3,(H,22,26)(H,24,25,27). The van der Waals surface area contributed by atoms with E-state index < -0.39 is 0 Å². The Kier molecular flexibility index (Phi) is 5.35. The van der Waals surface area contributed by atoms with Gasteiger partial charge in [-0.05, 0) is 36.6 Å². The molecule has 0 bridgehead atoms. The predicted molar refractivity (Wildman–Crippen MR) is 118 cm³/mol. The zero-order valence-electron chi connectivity index (χ0n) is 16.5. The van der Waals surface area contributed by atoms with Crippen LogP contribution in [-0.4, -0.2) is 34.2 Å². The number of anilines is 2. The monoisotopic (exact) mass is 409 g/mol. The van der Waals surface area contributed by atoms with Crippen molar-refractivity contribution < 1.29 is 9.53 Å². The van der Waals surface area contributed by atoms with E-state index in [1.807, 2.05) is 36.4 Å². The minimum atomic E-state index is -0.386. The first-order chi connectivity index (χ1) is 14.0. The molecule has 0 saturated carbocycles. The van der Waals surface area contributed by atoms with Gasteiger partial charge in [-0.15, -0.1) is 0 Å². The van der Waals surface area contributed by atoms with Gasteiger partial charge in [-0.2, -0.15) is 5.10 Å². The summed E-state index contributed by atoms with van der Waals surface area (Å²) in [6, 6.07) is 11.1. The summed E-state index contributed by atoms with van der Waals surface area (Å²) < 4.78 is 6.29. The van der Waals surface area contributed by atoms with Gasteiger partial charge in [0.2, 0.25) is 5.91 Å². The SMILES string of the molecule is COc1cccc(NC(CC(C)C)C(=O)Nc2nc3ccc4[nH]ncc4c3s2)c1. The van der Waals surface area contributed by atoms with Crippen LogP contribution in [0.1, 0.15) is 20.3 Å². The number of thiazole rings is 1. The highest BCUT2D eigenvalue weighted by molar-refractivity contribution is 7.23. The highest BCUT2D eigenvalue weighted by Crippen LogP contribution is 2.32. The van der Waals surface area contributed by atoms with Crippen LogP contribution in [0.4, 0.5) is 10.8 Å². The first-order valence-electron chi connectivity index (χ1n) is 9.47. The number of carbonyl (C=O) groups is 1. The molecule has 29 heavy (non-hydrogen) atoms. The lowest BCUT2D eigenvalue weighted by Crippen LogP contribution is -2.35. The molecule has 2 aromatic heterocycles. The summed E-state index contributed by atoms with van der Waals surface area (Å²) in [5.41, 5.74) is 2.64. The lowest BCUT2D eigenvalue weighted by atomic mass is 10.0. The summed E-state index contributed by atoms with van der Waals surface area (Å²) >= 11 is 1.46. The summed E-state index contributed by atoms with van der Waals surface area (Å²) in [5, 5.41) is 15.0. The molecular weight excluding hydrogens is 386 g/mol. The quantitative estimate of drug-likeness (QED) is 0.413. The van der Waals surface area contributed by atoms with Crippen LogP contribution in [0.5, 0.6) is 5.75 Å². The summed E-state index contributed by atoms with van der Waals surface area (Å²) in [5.74, 6) is 0.989. The van der Waals surface area contributed by atoms with Gasteiger partial charge in [0.1, 0.15) is 11.8 Å². The van der Waals surface area contributed by atoms with Gasteiger partial charge >= 0.3 is 0 Å². The van der Waals surface area contributed by atoms with E-state index in [0.717, 1.165) is 32.6 Å². The normalized spacial score (nSPS) is 12.4. The molecule has 1 atom stereocenters. The molecule has 4 rings (SSSR count). The molecule has 1 amide bonds. The Morgan fingerprint density at radius 1 is 1.28 bits per heavy atom. The molecule has 150 valence electrons. The maximum atomic E-state index is 13.0. The number of aromatic nitrogens is 3. The van der Waals surface area contributed by atoms with Crippen molar-refractivity contribution in [1.29, 1.82) is 0 Å². The van der Waals surface area contributed by atoms with E-state index >= 15 is 0 Å². The highest BCUT2D eigenvalue weighted by atomic mass is 32.1. The number of nitrogens with zero attached hydrogens (tertiary/aromatic N) is 2. The number of ether oxygens (including phenoxy) is 1. The van der Waals surface area contributed by atoms with Crippen LogP contribution in [0.15, 0.2) is 42.6 Å². The van der Waals surface area contributed by atoms with E-state index in [-0.39, 0.29) is 11.9 Å². The largest absolute Gasteiger partial charge is 0.497 e. The van der Waals surface area contributed by atoms with Gasteiger partial charge in [0, 0.05) is 17.1 Å². The van der Waals surface area contributed by atoms with E-state index in [9.17, 15) is 4.79 Å². The molecule has 0 fully saturated rings. The maximum absolute atomic E-state index is 13.0. The number of hydrogen-bond acceptors (Lipinski definition) is 6. The third-order valence-electron chi connectivity index (χ3n) is 4.64. The number of aromatic amines is 1. The van der Waals surface area contributed by atoms with Crippen molar-refractivity contribution in [3.8, 4) is 5.75 Å². The van der Waals surface area contributed by atoms with Crippen molar-refractivity contribution in [1.82, 2.24) is 15.2 Å². The number of methoxy groups -OCH3 is 1. The van der Waals surface area contributed by atoms with Gasteiger partial charge in [-0.3, -0.25) is 9.89 Å². The third-order valence-corrected chi connectivity index (χ3v) is 5.66. The molecule has 1 unspecified atom stereocenters. The zero-order valence-corrected chi connectivity index (χ0v) is 17.3. The van der Waals surface area contributed by atoms with Gasteiger partial charge in [-0.25, -0.2) is 4.98 Å². The number of benzene rings is 2. The molecule has 2 aromatic carbocycles. The number of carbonyl (C=O) groups excluding carboxylic acids is 1. The molecule has 4 aromatic rings. The van der Waals surface area contributed by atoms with E-state index in [4.69, 9.17) is 4.74 Å². The van der Waals surface area contributed by atoms with Crippen LogP contribution in [0, 0.1) is 5.92 Å². The average Bonchev–Trinajstić information content (AvgIpc) is 3.33. The molecule has 2 heterocycles. The smallest absolute Gasteiger partial charge is 0.248 e. The van der Waals surface area contributed by atoms with Gasteiger partial charge < -0.3 is 15.4 Å². The molecule has 7 nitrogen and oxygen atoms in total. The molecular formula is C21H23N5O2S. The Hall–Kier alpha value is -3.13. The molecule has 0 aliphatic heterocycles. The molecule has 8 heteroatoms. The van der Waals surface area contributed by atoms with Crippen LogP contribution in [0.25, 0.3) is 21.1 Å². The fourth-order valence-electron chi connectivity index (χ4n) is 3.27. The highest BCUT2D eigenvalue weighted by Gasteiger charge is 2.21. The number of amides is 1. The van der Waals surface area contributed by atoms with Gasteiger partial charge in [0.15, 0.2) is 5.13 Å². The van der Waals surface area contributed by atoms with Crippen LogP contribution in [0.2, 0.25) is 0 Å². The number of nitrogens with one attached hydrogen (secondary N) is 3. The Morgan fingerprint density at radius 3 is 2.93 bits per heavy atom. The van der Waals surface area contributed by atoms with Crippen LogP contribution < -0.4 is 15.4 Å². The molecule has 0 spiro atoms. The summed E-state index contributed by atoms with van der Waals surface area (Å²) in [7, 11) is 1.63. The molecule has 0 radical (unpaired) electrons. The Morgan fingerprint density at radius 2 is 2.14 bits per heavy atom. The van der Waals surface area contributed by atoms with Crippen LogP contribution >= 0.6 is 11.3 Å². The van der Waals surface area contributed by atoms with Gasteiger partial charge in [0.05, 0.1) is 29.0 Å². The van der Waals surface area contributed by atoms with Gasteiger partial charge in [0.25, 0.3) is 0 Å². The minimum absolute atomic E-state index is 0.107. The summed E-state index contributed by atoms with van der Waals surface area (Å²) in [6.45, 7) is 4.20. The summed E-state index contributed by atoms with van der Waals surface area (Å²) in [6.07, 6.45) is 2.48. The number of fused-ring (bicyclic) bond motifs is 3. The lowest BCUT2D eigenvalue weighted by Gasteiger charge is -2.21. The van der Waals surface area contributed by atoms with E-state index in [1.54, 1.807) is 13.3 Å². The number of rotatable bonds is 7. The van der Waals surface area contributed by atoms with Crippen LogP contribution in [0.3, 0.4) is 0 Å². The Bertz CT molecular complexity index is 1150. The first-order valence-corrected chi connectivity index (χ1v) is 10.3. The summed E-state index contributed by atoms with van der Waals surface area (Å²) in [4.78, 5) is 17.6. The second kappa shape index (κ2) is 8.08. The van der Waals surface area contributed by atoms with Crippen molar-refractivity contribution in [3.05, 3.63) is 42.6 Å².